The molecule has 3 N–H and O–H groups in total. The number of benzene rings is 2. The molecule has 0 radical (unpaired) electrons. The molecule has 37 heavy (non-hydrogen) atoms. The van der Waals surface area contributed by atoms with Gasteiger partial charge in [-0.25, -0.2) is 14.8 Å². The topological polar surface area (TPSA) is 117 Å². The summed E-state index contributed by atoms with van der Waals surface area (Å²) in [7, 11) is 1.89. The first-order valence-electron chi connectivity index (χ1n) is 12.5. The average molecular weight is 500 g/mol. The lowest BCUT2D eigenvalue weighted by Gasteiger charge is -2.33. The number of aromatic nitrogens is 4. The minimum atomic E-state index is -0.334. The van der Waals surface area contributed by atoms with Crippen molar-refractivity contribution in [1.29, 1.82) is 0 Å². The van der Waals surface area contributed by atoms with Crippen molar-refractivity contribution in [3.05, 3.63) is 60.3 Å². The van der Waals surface area contributed by atoms with Crippen LogP contribution in [0.1, 0.15) is 18.4 Å². The molecule has 10 heteroatoms. The molecule has 0 spiro atoms. The standard InChI is InChI=1S/C27H29N7O3/c1-33-25-23(14-28-33)26(34-15-21-10-11-22(16-34)37-21)32-24(31-25)18-4-8-20(9-5-18)30-27(36)29-19-6-2-17(3-7-19)12-13-35/h2-9,14,21-22,35H,10-13,15-16H2,1H3,(H2,29,30,36). The predicted molar refractivity (Wildman–Crippen MR) is 142 cm³/mol. The van der Waals surface area contributed by atoms with Crippen molar-refractivity contribution in [2.45, 2.75) is 31.5 Å². The van der Waals surface area contributed by atoms with Crippen LogP contribution in [0.4, 0.5) is 22.0 Å². The summed E-state index contributed by atoms with van der Waals surface area (Å²) < 4.78 is 7.80. The number of urea groups is 1. The molecule has 2 bridgehead atoms. The Balaban J connectivity index is 1.20. The van der Waals surface area contributed by atoms with Gasteiger partial charge >= 0.3 is 6.03 Å². The maximum Gasteiger partial charge on any atom is 0.323 e. The van der Waals surface area contributed by atoms with E-state index in [1.807, 2.05) is 61.8 Å². The van der Waals surface area contributed by atoms with Crippen LogP contribution >= 0.6 is 0 Å². The fraction of sp³-hybridized carbons (Fsp3) is 0.333. The van der Waals surface area contributed by atoms with Crippen LogP contribution in [0, 0.1) is 0 Å². The lowest BCUT2D eigenvalue weighted by molar-refractivity contribution is 0.0303. The molecule has 2 atom stereocenters. The van der Waals surface area contributed by atoms with Crippen LogP contribution in [0.2, 0.25) is 0 Å². The first-order valence-corrected chi connectivity index (χ1v) is 12.5. The maximum absolute atomic E-state index is 12.5. The first-order chi connectivity index (χ1) is 18.1. The molecule has 6 rings (SSSR count). The number of nitrogens with zero attached hydrogens (tertiary/aromatic N) is 5. The highest BCUT2D eigenvalue weighted by Crippen LogP contribution is 2.33. The van der Waals surface area contributed by atoms with Gasteiger partial charge in [-0.2, -0.15) is 5.10 Å². The van der Waals surface area contributed by atoms with Gasteiger partial charge in [0.25, 0.3) is 0 Å². The number of anilines is 3. The van der Waals surface area contributed by atoms with Gasteiger partial charge < -0.3 is 25.4 Å². The third-order valence-electron chi connectivity index (χ3n) is 6.93. The summed E-state index contributed by atoms with van der Waals surface area (Å²) in [5.74, 6) is 1.50. The number of aliphatic hydroxyl groups is 1. The molecular formula is C27H29N7O3. The second kappa shape index (κ2) is 9.79. The zero-order chi connectivity index (χ0) is 25.4. The Kier molecular flexibility index (Phi) is 6.19. The average Bonchev–Trinajstić information content (AvgIpc) is 3.45. The minimum Gasteiger partial charge on any atom is -0.396 e. The van der Waals surface area contributed by atoms with Crippen LogP contribution in [-0.4, -0.2) is 62.8 Å². The van der Waals surface area contributed by atoms with E-state index in [0.29, 0.717) is 23.6 Å². The molecule has 2 amide bonds. The third-order valence-corrected chi connectivity index (χ3v) is 6.93. The molecule has 2 unspecified atom stereocenters. The summed E-state index contributed by atoms with van der Waals surface area (Å²) in [6, 6.07) is 14.6. The second-order valence-electron chi connectivity index (χ2n) is 9.57. The molecule has 190 valence electrons. The Morgan fingerprint density at radius 1 is 1.00 bits per heavy atom. The van der Waals surface area contributed by atoms with Gasteiger partial charge in [0.1, 0.15) is 5.82 Å². The van der Waals surface area contributed by atoms with Crippen molar-refractivity contribution in [3.8, 4) is 11.4 Å². The highest BCUT2D eigenvalue weighted by atomic mass is 16.5. The van der Waals surface area contributed by atoms with E-state index < -0.39 is 0 Å². The normalized spacial score (nSPS) is 18.8. The quantitative estimate of drug-likeness (QED) is 0.371. The third kappa shape index (κ3) is 4.85. The fourth-order valence-corrected chi connectivity index (χ4v) is 5.05. The summed E-state index contributed by atoms with van der Waals surface area (Å²) in [5.41, 5.74) is 3.98. The molecule has 2 aromatic carbocycles. The summed E-state index contributed by atoms with van der Waals surface area (Å²) >= 11 is 0. The first kappa shape index (κ1) is 23.4. The number of amides is 2. The number of rotatable bonds is 6. The molecule has 2 aromatic heterocycles. The maximum atomic E-state index is 12.5. The number of aliphatic hydroxyl groups excluding tert-OH is 1. The summed E-state index contributed by atoms with van der Waals surface area (Å²) in [6.07, 6.45) is 5.10. The zero-order valence-electron chi connectivity index (χ0n) is 20.6. The Hall–Kier alpha value is -4.02. The summed E-state index contributed by atoms with van der Waals surface area (Å²) in [6.45, 7) is 1.73. The van der Waals surface area contributed by atoms with Crippen LogP contribution in [0.5, 0.6) is 0 Å². The molecule has 0 saturated carbocycles. The largest absolute Gasteiger partial charge is 0.396 e. The number of morpholine rings is 1. The molecule has 4 aromatic rings. The fourth-order valence-electron chi connectivity index (χ4n) is 5.05. The highest BCUT2D eigenvalue weighted by molar-refractivity contribution is 5.99. The monoisotopic (exact) mass is 499 g/mol. The Bertz CT molecular complexity index is 1410. The van der Waals surface area contributed by atoms with E-state index in [0.717, 1.165) is 53.9 Å². The van der Waals surface area contributed by atoms with E-state index in [9.17, 15) is 4.79 Å². The molecule has 2 aliphatic rings. The Morgan fingerprint density at radius 2 is 1.65 bits per heavy atom. The molecule has 4 heterocycles. The Labute approximate surface area is 214 Å². The second-order valence-corrected chi connectivity index (χ2v) is 9.57. The lowest BCUT2D eigenvalue weighted by atomic mass is 10.1. The SMILES string of the molecule is Cn1ncc2c(N3CC4CCC(C3)O4)nc(-c3ccc(NC(=O)Nc4ccc(CCO)cc4)cc3)nc21. The number of fused-ring (bicyclic) bond motifs is 3. The Morgan fingerprint density at radius 3 is 2.30 bits per heavy atom. The van der Waals surface area contributed by atoms with Gasteiger partial charge in [0.05, 0.1) is 23.8 Å². The lowest BCUT2D eigenvalue weighted by Crippen LogP contribution is -2.43. The van der Waals surface area contributed by atoms with Crippen LogP contribution < -0.4 is 15.5 Å². The van der Waals surface area contributed by atoms with Crippen molar-refractivity contribution >= 4 is 34.3 Å². The van der Waals surface area contributed by atoms with Crippen LogP contribution in [0.15, 0.2) is 54.7 Å². The number of hydrogen-bond donors (Lipinski definition) is 3. The van der Waals surface area contributed by atoms with Gasteiger partial charge in [-0.15, -0.1) is 0 Å². The van der Waals surface area contributed by atoms with E-state index in [1.165, 1.54) is 0 Å². The van der Waals surface area contributed by atoms with Crippen LogP contribution in [-0.2, 0) is 18.2 Å². The van der Waals surface area contributed by atoms with Crippen LogP contribution in [0.25, 0.3) is 22.4 Å². The summed E-state index contributed by atoms with van der Waals surface area (Å²) in [4.78, 5) is 24.5. The number of carbonyl (C=O) groups excluding carboxylic acids is 1. The van der Waals surface area contributed by atoms with Gasteiger partial charge in [0, 0.05) is 43.7 Å². The number of aryl methyl sites for hydroxylation is 1. The van der Waals surface area contributed by atoms with Crippen LogP contribution in [0.3, 0.4) is 0 Å². The minimum absolute atomic E-state index is 0.0969. The molecule has 2 saturated heterocycles. The van der Waals surface area contributed by atoms with Crippen molar-refractivity contribution in [2.75, 3.05) is 35.2 Å². The summed E-state index contributed by atoms with van der Waals surface area (Å²) in [5, 5.41) is 20.1. The highest BCUT2D eigenvalue weighted by Gasteiger charge is 2.35. The van der Waals surface area contributed by atoms with E-state index in [1.54, 1.807) is 4.68 Å². The number of carbonyl (C=O) groups is 1. The number of hydrogen-bond acceptors (Lipinski definition) is 7. The van der Waals surface area contributed by atoms with Gasteiger partial charge in [-0.05, 0) is 61.2 Å². The molecule has 0 aliphatic carbocycles. The molecule has 10 nitrogen and oxygen atoms in total. The van der Waals surface area contributed by atoms with Gasteiger partial charge in [-0.3, -0.25) is 4.68 Å². The van der Waals surface area contributed by atoms with Crippen molar-refractivity contribution in [1.82, 2.24) is 19.7 Å². The molecular weight excluding hydrogens is 470 g/mol. The van der Waals surface area contributed by atoms with E-state index >= 15 is 0 Å². The van der Waals surface area contributed by atoms with E-state index in [-0.39, 0.29) is 24.8 Å². The molecule has 2 fully saturated rings. The van der Waals surface area contributed by atoms with Gasteiger partial charge in [0.15, 0.2) is 11.5 Å². The smallest absolute Gasteiger partial charge is 0.323 e. The van der Waals surface area contributed by atoms with Crippen molar-refractivity contribution in [3.63, 3.8) is 0 Å². The van der Waals surface area contributed by atoms with Gasteiger partial charge in [0.2, 0.25) is 0 Å². The number of ether oxygens (including phenoxy) is 1. The van der Waals surface area contributed by atoms with Gasteiger partial charge in [-0.1, -0.05) is 12.1 Å². The molecule has 2 aliphatic heterocycles. The number of nitrogens with one attached hydrogen (secondary N) is 2. The van der Waals surface area contributed by atoms with Crippen molar-refractivity contribution < 1.29 is 14.6 Å². The van der Waals surface area contributed by atoms with E-state index in [2.05, 4.69) is 20.6 Å². The zero-order valence-corrected chi connectivity index (χ0v) is 20.6. The van der Waals surface area contributed by atoms with E-state index in [4.69, 9.17) is 19.8 Å². The van der Waals surface area contributed by atoms with Crippen molar-refractivity contribution in [2.24, 2.45) is 7.05 Å². The predicted octanol–water partition coefficient (Wildman–Crippen LogP) is 3.58.